The molecule has 144 valence electrons. The van der Waals surface area contributed by atoms with Gasteiger partial charge < -0.3 is 19.1 Å². The summed E-state index contributed by atoms with van der Waals surface area (Å²) in [7, 11) is 3.22. The SMILES string of the molecule is CCOC(=O)C1(C)CN(Cc2ccc(OC)cc2OC)c2ncnc(Cl)c21. The van der Waals surface area contributed by atoms with Crippen molar-refractivity contribution in [2.45, 2.75) is 25.8 Å². The van der Waals surface area contributed by atoms with E-state index in [2.05, 4.69) is 9.97 Å². The van der Waals surface area contributed by atoms with E-state index in [1.807, 2.05) is 30.0 Å². The highest BCUT2D eigenvalue weighted by Gasteiger charge is 2.49. The highest BCUT2D eigenvalue weighted by Crippen LogP contribution is 2.44. The maximum atomic E-state index is 12.7. The van der Waals surface area contributed by atoms with E-state index in [0.29, 0.717) is 42.6 Å². The molecule has 0 fully saturated rings. The van der Waals surface area contributed by atoms with Gasteiger partial charge in [0.2, 0.25) is 0 Å². The summed E-state index contributed by atoms with van der Waals surface area (Å²) in [6, 6.07) is 5.62. The lowest BCUT2D eigenvalue weighted by Gasteiger charge is -2.24. The van der Waals surface area contributed by atoms with Gasteiger partial charge in [-0.3, -0.25) is 4.79 Å². The molecule has 1 aliphatic rings. The number of ether oxygens (including phenoxy) is 3. The van der Waals surface area contributed by atoms with E-state index >= 15 is 0 Å². The summed E-state index contributed by atoms with van der Waals surface area (Å²) in [6.45, 7) is 4.75. The van der Waals surface area contributed by atoms with Crippen molar-refractivity contribution in [2.75, 3.05) is 32.3 Å². The van der Waals surface area contributed by atoms with Crippen LogP contribution < -0.4 is 14.4 Å². The highest BCUT2D eigenvalue weighted by molar-refractivity contribution is 6.31. The van der Waals surface area contributed by atoms with Gasteiger partial charge >= 0.3 is 5.97 Å². The lowest BCUT2D eigenvalue weighted by Crippen LogP contribution is -2.39. The molecule has 0 saturated heterocycles. The van der Waals surface area contributed by atoms with E-state index in [4.69, 9.17) is 25.8 Å². The number of halogens is 1. The van der Waals surface area contributed by atoms with Crippen LogP contribution in [-0.2, 0) is 21.5 Å². The fourth-order valence-corrected chi connectivity index (χ4v) is 3.72. The smallest absolute Gasteiger partial charge is 0.318 e. The molecule has 1 aliphatic heterocycles. The summed E-state index contributed by atoms with van der Waals surface area (Å²) < 4.78 is 16.0. The average Bonchev–Trinajstić information content (AvgIpc) is 2.96. The van der Waals surface area contributed by atoms with E-state index in [-0.39, 0.29) is 11.1 Å². The van der Waals surface area contributed by atoms with Crippen molar-refractivity contribution < 1.29 is 19.0 Å². The summed E-state index contributed by atoms with van der Waals surface area (Å²) in [4.78, 5) is 23.1. The number of aromatic nitrogens is 2. The van der Waals surface area contributed by atoms with Crippen molar-refractivity contribution in [3.63, 3.8) is 0 Å². The van der Waals surface area contributed by atoms with Crippen LogP contribution >= 0.6 is 11.6 Å². The maximum Gasteiger partial charge on any atom is 0.318 e. The molecule has 0 amide bonds. The molecule has 2 heterocycles. The maximum absolute atomic E-state index is 12.7. The van der Waals surface area contributed by atoms with Crippen LogP contribution in [0.4, 0.5) is 5.82 Å². The third kappa shape index (κ3) is 3.39. The number of carbonyl (C=O) groups is 1. The summed E-state index contributed by atoms with van der Waals surface area (Å²) >= 11 is 6.34. The molecule has 8 heteroatoms. The van der Waals surface area contributed by atoms with E-state index in [1.165, 1.54) is 6.33 Å². The number of methoxy groups -OCH3 is 2. The fraction of sp³-hybridized carbons (Fsp3) is 0.421. The molecule has 27 heavy (non-hydrogen) atoms. The largest absolute Gasteiger partial charge is 0.497 e. The third-order valence-electron chi connectivity index (χ3n) is 4.72. The van der Waals surface area contributed by atoms with E-state index in [1.54, 1.807) is 21.1 Å². The topological polar surface area (TPSA) is 73.8 Å². The third-order valence-corrected chi connectivity index (χ3v) is 5.01. The van der Waals surface area contributed by atoms with Gasteiger partial charge in [-0.1, -0.05) is 11.6 Å². The van der Waals surface area contributed by atoms with Gasteiger partial charge in [-0.05, 0) is 26.0 Å². The summed E-state index contributed by atoms with van der Waals surface area (Å²) in [6.07, 6.45) is 1.40. The van der Waals surface area contributed by atoms with Crippen LogP contribution in [0.3, 0.4) is 0 Å². The number of rotatable bonds is 6. The molecule has 1 atom stereocenters. The zero-order chi connectivity index (χ0) is 19.6. The number of benzene rings is 1. The Morgan fingerprint density at radius 1 is 1.30 bits per heavy atom. The molecule has 0 spiro atoms. The van der Waals surface area contributed by atoms with E-state index < -0.39 is 5.41 Å². The Bertz CT molecular complexity index is 861. The molecule has 1 unspecified atom stereocenters. The number of esters is 1. The van der Waals surface area contributed by atoms with Gasteiger partial charge in [0.25, 0.3) is 0 Å². The van der Waals surface area contributed by atoms with Gasteiger partial charge in [-0.2, -0.15) is 0 Å². The van der Waals surface area contributed by atoms with Crippen molar-refractivity contribution in [1.82, 2.24) is 9.97 Å². The Balaban J connectivity index is 1.99. The average molecular weight is 392 g/mol. The number of hydrogen-bond donors (Lipinski definition) is 0. The van der Waals surface area contributed by atoms with Crippen LogP contribution in [0.2, 0.25) is 5.15 Å². The highest BCUT2D eigenvalue weighted by atomic mass is 35.5. The first-order valence-corrected chi connectivity index (χ1v) is 8.96. The minimum atomic E-state index is -0.941. The van der Waals surface area contributed by atoms with Crippen molar-refractivity contribution >= 4 is 23.4 Å². The minimum absolute atomic E-state index is 0.264. The van der Waals surface area contributed by atoms with Gasteiger partial charge in [-0.25, -0.2) is 9.97 Å². The molecular formula is C19H22ClN3O4. The second-order valence-corrected chi connectivity index (χ2v) is 6.81. The van der Waals surface area contributed by atoms with Crippen LogP contribution in [0.25, 0.3) is 0 Å². The van der Waals surface area contributed by atoms with Crippen LogP contribution in [0.15, 0.2) is 24.5 Å². The first-order chi connectivity index (χ1) is 12.9. The summed E-state index contributed by atoms with van der Waals surface area (Å²) in [5.41, 5.74) is 0.591. The second-order valence-electron chi connectivity index (χ2n) is 6.45. The Kier molecular flexibility index (Phi) is 5.41. The predicted molar refractivity (Wildman–Crippen MR) is 102 cm³/mol. The quantitative estimate of drug-likeness (QED) is 0.553. The fourth-order valence-electron chi connectivity index (χ4n) is 3.38. The van der Waals surface area contributed by atoms with Crippen molar-refractivity contribution in [1.29, 1.82) is 0 Å². The first-order valence-electron chi connectivity index (χ1n) is 8.58. The molecule has 0 bridgehead atoms. The van der Waals surface area contributed by atoms with E-state index in [0.717, 1.165) is 5.56 Å². The molecule has 3 rings (SSSR count). The van der Waals surface area contributed by atoms with Gasteiger partial charge in [0, 0.05) is 24.7 Å². The predicted octanol–water partition coefficient (Wildman–Crippen LogP) is 2.99. The number of carbonyl (C=O) groups excluding carboxylic acids is 1. The number of fused-ring (bicyclic) bond motifs is 1. The standard InChI is InChI=1S/C19H22ClN3O4/c1-5-27-18(24)19(2)10-23(17-15(19)16(20)21-11-22-17)9-12-6-7-13(25-3)8-14(12)26-4/h6-8,11H,5,9-10H2,1-4H3. The Morgan fingerprint density at radius 2 is 2.07 bits per heavy atom. The van der Waals surface area contributed by atoms with Crippen molar-refractivity contribution in [2.24, 2.45) is 0 Å². The Labute approximate surface area is 163 Å². The van der Waals surface area contributed by atoms with Crippen LogP contribution in [0, 0.1) is 0 Å². The van der Waals surface area contributed by atoms with Gasteiger partial charge in [0.15, 0.2) is 0 Å². The lowest BCUT2D eigenvalue weighted by atomic mass is 9.86. The molecule has 1 aromatic heterocycles. The molecule has 0 radical (unpaired) electrons. The molecule has 0 N–H and O–H groups in total. The van der Waals surface area contributed by atoms with Crippen molar-refractivity contribution in [3.8, 4) is 11.5 Å². The molecule has 7 nitrogen and oxygen atoms in total. The molecule has 0 aliphatic carbocycles. The zero-order valence-electron chi connectivity index (χ0n) is 15.8. The molecular weight excluding hydrogens is 370 g/mol. The number of nitrogens with zero attached hydrogens (tertiary/aromatic N) is 3. The molecule has 1 aromatic carbocycles. The monoisotopic (exact) mass is 391 g/mol. The number of anilines is 1. The van der Waals surface area contributed by atoms with Crippen molar-refractivity contribution in [3.05, 3.63) is 40.8 Å². The minimum Gasteiger partial charge on any atom is -0.497 e. The van der Waals surface area contributed by atoms with Crippen LogP contribution in [0.1, 0.15) is 25.0 Å². The number of hydrogen-bond acceptors (Lipinski definition) is 7. The van der Waals surface area contributed by atoms with Gasteiger partial charge in [-0.15, -0.1) is 0 Å². The van der Waals surface area contributed by atoms with Gasteiger partial charge in [0.05, 0.1) is 26.4 Å². The van der Waals surface area contributed by atoms with Crippen LogP contribution in [-0.4, -0.2) is 43.3 Å². The second kappa shape index (κ2) is 7.60. The van der Waals surface area contributed by atoms with Gasteiger partial charge in [0.1, 0.15) is 34.2 Å². The zero-order valence-corrected chi connectivity index (χ0v) is 16.5. The normalized spacial score (nSPS) is 18.2. The van der Waals surface area contributed by atoms with Crippen LogP contribution in [0.5, 0.6) is 11.5 Å². The summed E-state index contributed by atoms with van der Waals surface area (Å²) in [5.74, 6) is 1.69. The Morgan fingerprint density at radius 3 is 2.74 bits per heavy atom. The molecule has 0 saturated carbocycles. The van der Waals surface area contributed by atoms with E-state index in [9.17, 15) is 4.79 Å². The Hall–Kier alpha value is -2.54. The summed E-state index contributed by atoms with van der Waals surface area (Å²) in [5, 5.41) is 0.264. The lowest BCUT2D eigenvalue weighted by molar-refractivity contribution is -0.148. The molecule has 2 aromatic rings. The first kappa shape index (κ1) is 19.2.